The van der Waals surface area contributed by atoms with Crippen LogP contribution in [0.2, 0.25) is 0 Å². The van der Waals surface area contributed by atoms with Crippen LogP contribution in [0.1, 0.15) is 31.5 Å². The van der Waals surface area contributed by atoms with Gasteiger partial charge in [0.2, 0.25) is 0 Å². The molecule has 1 aromatic heterocycles. The molecule has 1 aliphatic heterocycles. The van der Waals surface area contributed by atoms with Crippen molar-refractivity contribution in [2.75, 3.05) is 13.1 Å². The highest BCUT2D eigenvalue weighted by molar-refractivity contribution is 5.10. The van der Waals surface area contributed by atoms with Crippen molar-refractivity contribution in [2.45, 2.75) is 44.3 Å². The summed E-state index contributed by atoms with van der Waals surface area (Å²) in [5, 5.41) is 0. The quantitative estimate of drug-likeness (QED) is 0.853. The zero-order chi connectivity index (χ0) is 12.2. The molecule has 0 saturated heterocycles. The van der Waals surface area contributed by atoms with E-state index in [1.54, 1.807) is 0 Å². The molecule has 2 bridgehead atoms. The minimum Gasteiger partial charge on any atom is -0.333 e. The van der Waals surface area contributed by atoms with Crippen molar-refractivity contribution in [1.82, 2.24) is 14.5 Å². The van der Waals surface area contributed by atoms with Gasteiger partial charge in [0.15, 0.2) is 0 Å². The summed E-state index contributed by atoms with van der Waals surface area (Å²) in [5.74, 6) is 3.01. The molecular weight excluding hydrogens is 224 g/mol. The molecule has 3 unspecified atom stereocenters. The molecular formula is C14H22N4. The summed E-state index contributed by atoms with van der Waals surface area (Å²) in [5.41, 5.74) is 6.50. The Labute approximate surface area is 108 Å². The van der Waals surface area contributed by atoms with Gasteiger partial charge in [-0.1, -0.05) is 6.42 Å². The van der Waals surface area contributed by atoms with Crippen LogP contribution in [0.5, 0.6) is 0 Å². The van der Waals surface area contributed by atoms with Gasteiger partial charge < -0.3 is 10.3 Å². The average molecular weight is 246 g/mol. The van der Waals surface area contributed by atoms with E-state index in [0.717, 1.165) is 38.0 Å². The van der Waals surface area contributed by atoms with Crippen molar-refractivity contribution in [2.24, 2.45) is 17.6 Å². The fourth-order valence-corrected chi connectivity index (χ4v) is 4.73. The molecule has 2 aliphatic carbocycles. The number of hydrogen-bond donors (Lipinski definition) is 1. The molecule has 2 fully saturated rings. The maximum absolute atomic E-state index is 6.21. The lowest BCUT2D eigenvalue weighted by atomic mass is 9.79. The van der Waals surface area contributed by atoms with Crippen LogP contribution in [0, 0.1) is 11.8 Å². The topological polar surface area (TPSA) is 47.1 Å². The van der Waals surface area contributed by atoms with E-state index >= 15 is 0 Å². The van der Waals surface area contributed by atoms with Crippen LogP contribution in [0.25, 0.3) is 0 Å². The Balaban J connectivity index is 1.63. The lowest BCUT2D eigenvalue weighted by Gasteiger charge is -2.48. The number of aromatic nitrogens is 2. The van der Waals surface area contributed by atoms with Gasteiger partial charge in [-0.25, -0.2) is 4.98 Å². The van der Waals surface area contributed by atoms with E-state index in [1.807, 2.05) is 6.20 Å². The third kappa shape index (κ3) is 1.36. The zero-order valence-corrected chi connectivity index (χ0v) is 10.9. The molecule has 0 radical (unpaired) electrons. The minimum absolute atomic E-state index is 0.292. The molecule has 0 aromatic carbocycles. The Kier molecular flexibility index (Phi) is 2.33. The predicted molar refractivity (Wildman–Crippen MR) is 69.9 cm³/mol. The second kappa shape index (κ2) is 3.81. The Morgan fingerprint density at radius 3 is 3.06 bits per heavy atom. The summed E-state index contributed by atoms with van der Waals surface area (Å²) in [6, 6.07) is 0. The molecule has 18 heavy (non-hydrogen) atoms. The van der Waals surface area contributed by atoms with E-state index in [1.165, 1.54) is 31.5 Å². The summed E-state index contributed by atoms with van der Waals surface area (Å²) in [7, 11) is 0. The summed E-state index contributed by atoms with van der Waals surface area (Å²) in [4.78, 5) is 7.14. The molecule has 3 aliphatic rings. The maximum atomic E-state index is 6.21. The Morgan fingerprint density at radius 1 is 1.39 bits per heavy atom. The third-order valence-electron chi connectivity index (χ3n) is 5.67. The number of hydrogen-bond acceptors (Lipinski definition) is 3. The molecule has 2 N–H and O–H groups in total. The first-order valence-corrected chi connectivity index (χ1v) is 7.27. The van der Waals surface area contributed by atoms with Crippen LogP contribution in [0.3, 0.4) is 0 Å². The standard InChI is InChI=1S/C14H22N4/c15-10-14(8-11-1-2-12(14)7-11)18-6-5-17-4-3-16-13(17)9-18/h3-4,11-12H,1-2,5-10,15H2. The number of rotatable bonds is 2. The molecule has 0 spiro atoms. The Morgan fingerprint density at radius 2 is 2.33 bits per heavy atom. The van der Waals surface area contributed by atoms with E-state index in [0.29, 0.717) is 5.54 Å². The first kappa shape index (κ1) is 11.0. The van der Waals surface area contributed by atoms with E-state index in [9.17, 15) is 0 Å². The van der Waals surface area contributed by atoms with Crippen molar-refractivity contribution in [3.63, 3.8) is 0 Å². The van der Waals surface area contributed by atoms with Gasteiger partial charge in [-0.3, -0.25) is 4.90 Å². The molecule has 4 heteroatoms. The lowest BCUT2D eigenvalue weighted by molar-refractivity contribution is 0.0182. The highest BCUT2D eigenvalue weighted by Gasteiger charge is 2.53. The fourth-order valence-electron chi connectivity index (χ4n) is 4.73. The van der Waals surface area contributed by atoms with Gasteiger partial charge in [0.05, 0.1) is 6.54 Å². The first-order chi connectivity index (χ1) is 8.82. The fraction of sp³-hybridized carbons (Fsp3) is 0.786. The molecule has 2 saturated carbocycles. The van der Waals surface area contributed by atoms with Crippen molar-refractivity contribution in [3.8, 4) is 0 Å². The zero-order valence-electron chi connectivity index (χ0n) is 10.9. The van der Waals surface area contributed by atoms with Gasteiger partial charge in [-0.2, -0.15) is 0 Å². The largest absolute Gasteiger partial charge is 0.333 e. The van der Waals surface area contributed by atoms with Gasteiger partial charge in [-0.15, -0.1) is 0 Å². The summed E-state index contributed by atoms with van der Waals surface area (Å²) in [6.45, 7) is 4.04. The van der Waals surface area contributed by atoms with Crippen LogP contribution in [-0.4, -0.2) is 33.1 Å². The molecule has 3 atom stereocenters. The minimum atomic E-state index is 0.292. The Bertz CT molecular complexity index is 454. The van der Waals surface area contributed by atoms with Crippen molar-refractivity contribution >= 4 is 0 Å². The molecule has 0 amide bonds. The van der Waals surface area contributed by atoms with E-state index < -0.39 is 0 Å². The van der Waals surface area contributed by atoms with E-state index in [4.69, 9.17) is 5.73 Å². The summed E-state index contributed by atoms with van der Waals surface area (Å²) in [6.07, 6.45) is 9.61. The summed E-state index contributed by atoms with van der Waals surface area (Å²) < 4.78 is 2.29. The average Bonchev–Trinajstić information content (AvgIpc) is 3.12. The monoisotopic (exact) mass is 246 g/mol. The Hall–Kier alpha value is -0.870. The van der Waals surface area contributed by atoms with Gasteiger partial charge in [-0.05, 0) is 31.1 Å². The van der Waals surface area contributed by atoms with Gasteiger partial charge in [0.1, 0.15) is 5.82 Å². The van der Waals surface area contributed by atoms with Crippen LogP contribution in [0.15, 0.2) is 12.4 Å². The van der Waals surface area contributed by atoms with Crippen molar-refractivity contribution < 1.29 is 0 Å². The summed E-state index contributed by atoms with van der Waals surface area (Å²) >= 11 is 0. The smallest absolute Gasteiger partial charge is 0.122 e. The molecule has 98 valence electrons. The SMILES string of the molecule is NCC1(N2CCn3ccnc3C2)CC2CCC1C2. The van der Waals surface area contributed by atoms with Crippen molar-refractivity contribution in [3.05, 3.63) is 18.2 Å². The molecule has 1 aromatic rings. The second-order valence-corrected chi connectivity index (χ2v) is 6.35. The van der Waals surface area contributed by atoms with Gasteiger partial charge in [0, 0.05) is 37.6 Å². The lowest BCUT2D eigenvalue weighted by Crippen LogP contribution is -2.58. The van der Waals surface area contributed by atoms with Crippen LogP contribution < -0.4 is 5.73 Å². The van der Waals surface area contributed by atoms with Crippen LogP contribution in [0.4, 0.5) is 0 Å². The second-order valence-electron chi connectivity index (χ2n) is 6.35. The molecule has 2 heterocycles. The predicted octanol–water partition coefficient (Wildman–Crippen LogP) is 1.22. The van der Waals surface area contributed by atoms with Crippen LogP contribution in [-0.2, 0) is 13.1 Å². The normalized spacial score (nSPS) is 39.2. The number of nitrogens with two attached hydrogens (primary N) is 1. The number of imidazole rings is 1. The van der Waals surface area contributed by atoms with Gasteiger partial charge >= 0.3 is 0 Å². The highest BCUT2D eigenvalue weighted by Crippen LogP contribution is 2.53. The van der Waals surface area contributed by atoms with Crippen molar-refractivity contribution in [1.29, 1.82) is 0 Å². The number of nitrogens with zero attached hydrogens (tertiary/aromatic N) is 3. The molecule has 4 rings (SSSR count). The maximum Gasteiger partial charge on any atom is 0.122 e. The third-order valence-corrected chi connectivity index (χ3v) is 5.67. The van der Waals surface area contributed by atoms with Crippen LogP contribution >= 0.6 is 0 Å². The number of fused-ring (bicyclic) bond motifs is 3. The highest BCUT2D eigenvalue weighted by atomic mass is 15.3. The van der Waals surface area contributed by atoms with E-state index in [-0.39, 0.29) is 0 Å². The van der Waals surface area contributed by atoms with Gasteiger partial charge in [0.25, 0.3) is 0 Å². The van der Waals surface area contributed by atoms with E-state index in [2.05, 4.69) is 20.6 Å². The first-order valence-electron chi connectivity index (χ1n) is 7.27. The molecule has 4 nitrogen and oxygen atoms in total.